The minimum atomic E-state index is -1.34. The van der Waals surface area contributed by atoms with Crippen LogP contribution in [0.1, 0.15) is 92.9 Å². The second-order valence-electron chi connectivity index (χ2n) is 16.2. The Balaban J connectivity index is 0.983. The molecule has 0 aliphatic carbocycles. The molecule has 2 amide bonds. The maximum absolute atomic E-state index is 14.0. The number of nitrogens with one attached hydrogen (secondary N) is 1. The molecule has 60 heavy (non-hydrogen) atoms. The predicted molar refractivity (Wildman–Crippen MR) is 230 cm³/mol. The number of aliphatic imine (C=N–C) groups is 1. The van der Waals surface area contributed by atoms with Crippen LogP contribution >= 0.6 is 0 Å². The molecule has 0 bridgehead atoms. The number of ether oxygens (including phenoxy) is 5. The quantitative estimate of drug-likeness (QED) is 0.0911. The van der Waals surface area contributed by atoms with E-state index in [1.807, 2.05) is 48.4 Å². The molecule has 0 radical (unpaired) electrons. The number of amides is 2. The second kappa shape index (κ2) is 19.4. The highest BCUT2D eigenvalue weighted by atomic mass is 16.6. The molecule has 14 heteroatoms. The minimum absolute atomic E-state index is 0.00354. The van der Waals surface area contributed by atoms with E-state index in [0.717, 1.165) is 55.5 Å². The number of fused-ring (bicyclic) bond motifs is 4. The lowest BCUT2D eigenvalue weighted by atomic mass is 10.1. The highest BCUT2D eigenvalue weighted by Gasteiger charge is 2.47. The summed E-state index contributed by atoms with van der Waals surface area (Å²) in [6.45, 7) is 11.0. The van der Waals surface area contributed by atoms with Gasteiger partial charge in [0.2, 0.25) is 0 Å². The fourth-order valence-corrected chi connectivity index (χ4v) is 8.52. The molecule has 3 aromatic rings. The van der Waals surface area contributed by atoms with Crippen LogP contribution in [-0.2, 0) is 11.3 Å². The van der Waals surface area contributed by atoms with Crippen LogP contribution in [0.2, 0.25) is 0 Å². The molecule has 2 saturated heterocycles. The van der Waals surface area contributed by atoms with Crippen LogP contribution < -0.4 is 29.2 Å². The number of hydrogen-bond acceptors (Lipinski definition) is 12. The monoisotopic (exact) mass is 825 g/mol. The number of benzene rings is 3. The Kier molecular flexibility index (Phi) is 13.8. The van der Waals surface area contributed by atoms with Crippen molar-refractivity contribution in [2.45, 2.75) is 96.4 Å². The number of aliphatic hydroxyl groups is 2. The summed E-state index contributed by atoms with van der Waals surface area (Å²) < 4.78 is 29.5. The van der Waals surface area contributed by atoms with Gasteiger partial charge in [-0.1, -0.05) is 51.0 Å². The van der Waals surface area contributed by atoms with Crippen molar-refractivity contribution in [2.24, 2.45) is 10.9 Å². The number of methoxy groups -OCH3 is 2. The van der Waals surface area contributed by atoms with Crippen LogP contribution in [0.4, 0.5) is 21.9 Å². The third-order valence-corrected chi connectivity index (χ3v) is 11.7. The molecule has 4 heterocycles. The Labute approximate surface area is 352 Å². The van der Waals surface area contributed by atoms with Gasteiger partial charge in [-0.15, -0.1) is 0 Å². The molecule has 3 N–H and O–H groups in total. The van der Waals surface area contributed by atoms with Gasteiger partial charge in [-0.3, -0.25) is 14.7 Å². The topological polar surface area (TPSA) is 155 Å². The summed E-state index contributed by atoms with van der Waals surface area (Å²) in [6, 6.07) is 13.9. The Morgan fingerprint density at radius 3 is 2.37 bits per heavy atom. The Morgan fingerprint density at radius 1 is 0.933 bits per heavy atom. The number of carbonyl (C=O) groups is 2. The molecule has 2 fully saturated rings. The van der Waals surface area contributed by atoms with Crippen LogP contribution in [-0.4, -0.2) is 104 Å². The number of anilines is 2. The third kappa shape index (κ3) is 9.35. The smallest absolute Gasteiger partial charge is 0.416 e. The summed E-state index contributed by atoms with van der Waals surface area (Å²) >= 11 is 0. The number of hydrogen-bond donors (Lipinski definition) is 3. The second-order valence-corrected chi connectivity index (χ2v) is 16.2. The van der Waals surface area contributed by atoms with Gasteiger partial charge >= 0.3 is 6.09 Å². The average Bonchev–Trinajstić information content (AvgIpc) is 3.79. The van der Waals surface area contributed by atoms with E-state index in [9.17, 15) is 19.8 Å². The van der Waals surface area contributed by atoms with Gasteiger partial charge in [-0.2, -0.15) is 0 Å². The maximum atomic E-state index is 14.0. The molecule has 322 valence electrons. The largest absolute Gasteiger partial charge is 0.493 e. The van der Waals surface area contributed by atoms with Crippen molar-refractivity contribution >= 4 is 35.3 Å². The van der Waals surface area contributed by atoms with Crippen LogP contribution in [0.3, 0.4) is 0 Å². The lowest BCUT2D eigenvalue weighted by Crippen LogP contribution is -2.50. The van der Waals surface area contributed by atoms with Gasteiger partial charge in [0.25, 0.3) is 5.91 Å². The molecule has 3 aromatic carbocycles. The van der Waals surface area contributed by atoms with Crippen molar-refractivity contribution in [2.75, 3.05) is 57.3 Å². The van der Waals surface area contributed by atoms with E-state index < -0.39 is 24.6 Å². The molecule has 14 nitrogen and oxygen atoms in total. The molecule has 0 saturated carbocycles. The van der Waals surface area contributed by atoms with Gasteiger partial charge in [-0.05, 0) is 74.3 Å². The summed E-state index contributed by atoms with van der Waals surface area (Å²) in [4.78, 5) is 37.5. The van der Waals surface area contributed by atoms with Crippen LogP contribution in [0.25, 0.3) is 0 Å². The maximum Gasteiger partial charge on any atom is 0.416 e. The minimum Gasteiger partial charge on any atom is -0.493 e. The summed E-state index contributed by atoms with van der Waals surface area (Å²) in [7, 11) is 3.08. The Bertz CT molecular complexity index is 2040. The molecular formula is C46H59N5O9. The molecule has 5 atom stereocenters. The van der Waals surface area contributed by atoms with Gasteiger partial charge < -0.3 is 44.1 Å². The SMILES string of the molecule is C=C1CC2C=Nc3cc(OCCCCCOc4cc5c(cc4OC)C(=O)N4CC(C)CC4C(O)N5C(=O)OCc4ccc(NCCCCC)cc4)c(OC)cc3C(O)N2C1. The number of aliphatic hydroxyl groups excluding tert-OH is 2. The molecule has 0 aromatic heterocycles. The van der Waals surface area contributed by atoms with Gasteiger partial charge in [0.15, 0.2) is 29.2 Å². The first-order chi connectivity index (χ1) is 29.1. The first-order valence-electron chi connectivity index (χ1n) is 21.2. The Hall–Kier alpha value is -5.31. The fraction of sp³-hybridized carbons (Fsp3) is 0.500. The van der Waals surface area contributed by atoms with E-state index in [2.05, 4.69) is 23.8 Å². The summed E-state index contributed by atoms with van der Waals surface area (Å²) in [5.74, 6) is 1.61. The number of nitrogens with zero attached hydrogens (tertiary/aromatic N) is 4. The van der Waals surface area contributed by atoms with E-state index in [1.54, 1.807) is 30.2 Å². The lowest BCUT2D eigenvalue weighted by Gasteiger charge is -2.31. The van der Waals surface area contributed by atoms with Crippen LogP contribution in [0.15, 0.2) is 65.7 Å². The average molecular weight is 826 g/mol. The van der Waals surface area contributed by atoms with Crippen molar-refractivity contribution < 1.29 is 43.5 Å². The summed E-state index contributed by atoms with van der Waals surface area (Å²) in [5.41, 5.74) is 4.59. The molecule has 0 spiro atoms. The highest BCUT2D eigenvalue weighted by molar-refractivity contribution is 6.06. The normalized spacial score (nSPS) is 22.0. The predicted octanol–water partition coefficient (Wildman–Crippen LogP) is 7.60. The van der Waals surface area contributed by atoms with Crippen LogP contribution in [0, 0.1) is 5.92 Å². The number of carbonyl (C=O) groups excluding carboxylic acids is 2. The zero-order valence-electron chi connectivity index (χ0n) is 35.2. The first kappa shape index (κ1) is 42.8. The van der Waals surface area contributed by atoms with E-state index >= 15 is 0 Å². The number of unbranched alkanes of at least 4 members (excludes halogenated alkanes) is 4. The zero-order chi connectivity index (χ0) is 42.3. The van der Waals surface area contributed by atoms with Crippen molar-refractivity contribution in [3.63, 3.8) is 0 Å². The molecule has 5 unspecified atom stereocenters. The van der Waals surface area contributed by atoms with Crippen molar-refractivity contribution in [3.8, 4) is 23.0 Å². The zero-order valence-corrected chi connectivity index (χ0v) is 35.2. The van der Waals surface area contributed by atoms with Crippen LogP contribution in [0.5, 0.6) is 23.0 Å². The van der Waals surface area contributed by atoms with E-state index in [0.29, 0.717) is 73.4 Å². The lowest BCUT2D eigenvalue weighted by molar-refractivity contribution is 0.0112. The summed E-state index contributed by atoms with van der Waals surface area (Å²) in [5, 5.41) is 26.4. The molecule has 4 aliphatic rings. The first-order valence-corrected chi connectivity index (χ1v) is 21.2. The molecule has 7 rings (SSSR count). The standard InChI is InChI=1S/C46H59N5O9/c1-6-7-9-16-47-32-14-12-31(13-15-32)28-60-46(55)51-37-24-42(40(57-5)22-35(37)44(53)50-27-30(3)20-38(50)45(51)54)59-18-11-8-10-17-58-41-23-36-34(21-39(41)56-4)43(52)49-26-29(2)19-33(49)25-48-36/h12-15,21-25,30,33,38,43,45,47,52,54H,2,6-11,16-20,26-28H2,1,3-5H3. The number of rotatable bonds is 17. The Morgan fingerprint density at radius 2 is 1.65 bits per heavy atom. The van der Waals surface area contributed by atoms with Gasteiger partial charge in [0.05, 0.1) is 56.5 Å². The summed E-state index contributed by atoms with van der Waals surface area (Å²) in [6.07, 6.45) is 5.84. The van der Waals surface area contributed by atoms with Gasteiger partial charge in [0, 0.05) is 49.2 Å². The molecule has 4 aliphatic heterocycles. The van der Waals surface area contributed by atoms with Crippen molar-refractivity contribution in [3.05, 3.63) is 77.4 Å². The van der Waals surface area contributed by atoms with Crippen molar-refractivity contribution in [1.29, 1.82) is 0 Å². The van der Waals surface area contributed by atoms with Gasteiger partial charge in [0.1, 0.15) is 12.8 Å². The fourth-order valence-electron chi connectivity index (χ4n) is 8.52. The third-order valence-electron chi connectivity index (χ3n) is 11.7. The van der Waals surface area contributed by atoms with E-state index in [1.165, 1.54) is 18.4 Å². The highest BCUT2D eigenvalue weighted by Crippen LogP contribution is 2.44. The van der Waals surface area contributed by atoms with Gasteiger partial charge in [-0.25, -0.2) is 9.69 Å². The van der Waals surface area contributed by atoms with E-state index in [-0.39, 0.29) is 35.7 Å². The molecular weight excluding hydrogens is 767 g/mol. The van der Waals surface area contributed by atoms with E-state index in [4.69, 9.17) is 23.7 Å². The van der Waals surface area contributed by atoms with Crippen molar-refractivity contribution in [1.82, 2.24) is 9.80 Å².